The molecule has 0 aliphatic carbocycles. The largest absolute Gasteiger partial charge is 0.367 e. The maximum atomic E-state index is 4.90. The number of nitrogens with zero attached hydrogens (tertiary/aromatic N) is 4. The number of hydrogen-bond acceptors (Lipinski definition) is 5. The summed E-state index contributed by atoms with van der Waals surface area (Å²) in [6.07, 6.45) is 9.62. The second-order valence-corrected chi connectivity index (χ2v) is 6.41. The minimum absolute atomic E-state index is 0.470. The first kappa shape index (κ1) is 15.0. The fourth-order valence-corrected chi connectivity index (χ4v) is 3.22. The first-order valence-corrected chi connectivity index (χ1v) is 8.40. The molecule has 4 rings (SSSR count). The molecule has 1 N–H and O–H groups in total. The fourth-order valence-electron chi connectivity index (χ4n) is 3.22. The highest BCUT2D eigenvalue weighted by molar-refractivity contribution is 5.94. The number of rotatable bonds is 3. The summed E-state index contributed by atoms with van der Waals surface area (Å²) < 4.78 is 0. The molecule has 24 heavy (non-hydrogen) atoms. The molecule has 0 bridgehead atoms. The molecular formula is C19H21N5. The zero-order chi connectivity index (χ0) is 16.4. The van der Waals surface area contributed by atoms with E-state index < -0.39 is 0 Å². The summed E-state index contributed by atoms with van der Waals surface area (Å²) in [4.78, 5) is 15.6. The standard InChI is InChI=1S/C19H21N5/c1-24-10-5-16(6-11-24)22-19-17-4-9-21-13-15(17)12-18(23-19)14-2-7-20-8-3-14/h2-4,7-9,12-13,16H,5-6,10-11H2,1H3,(H,22,23). The molecule has 5 heteroatoms. The van der Waals surface area contributed by atoms with E-state index in [1.54, 1.807) is 12.4 Å². The van der Waals surface area contributed by atoms with Crippen LogP contribution in [0.25, 0.3) is 22.0 Å². The summed E-state index contributed by atoms with van der Waals surface area (Å²) in [7, 11) is 2.18. The van der Waals surface area contributed by atoms with Crippen LogP contribution < -0.4 is 5.32 Å². The van der Waals surface area contributed by atoms with Gasteiger partial charge in [0, 0.05) is 47.2 Å². The Morgan fingerprint density at radius 1 is 1.04 bits per heavy atom. The number of fused-ring (bicyclic) bond motifs is 1. The van der Waals surface area contributed by atoms with E-state index in [1.165, 1.54) is 0 Å². The van der Waals surface area contributed by atoms with E-state index in [9.17, 15) is 0 Å². The maximum absolute atomic E-state index is 4.90. The fraction of sp³-hybridized carbons (Fsp3) is 0.316. The van der Waals surface area contributed by atoms with Crippen LogP contribution >= 0.6 is 0 Å². The molecule has 0 spiro atoms. The van der Waals surface area contributed by atoms with Gasteiger partial charge in [-0.25, -0.2) is 4.98 Å². The highest BCUT2D eigenvalue weighted by Crippen LogP contribution is 2.28. The Kier molecular flexibility index (Phi) is 4.09. The molecule has 3 aromatic rings. The average Bonchev–Trinajstić information content (AvgIpc) is 2.64. The molecule has 0 amide bonds. The molecule has 0 atom stereocenters. The van der Waals surface area contributed by atoms with Gasteiger partial charge in [-0.05, 0) is 57.2 Å². The maximum Gasteiger partial charge on any atom is 0.134 e. The van der Waals surface area contributed by atoms with Gasteiger partial charge in [0.2, 0.25) is 0 Å². The molecule has 0 radical (unpaired) electrons. The molecule has 4 heterocycles. The molecule has 5 nitrogen and oxygen atoms in total. The molecular weight excluding hydrogens is 298 g/mol. The first-order valence-electron chi connectivity index (χ1n) is 8.40. The van der Waals surface area contributed by atoms with Gasteiger partial charge in [-0.2, -0.15) is 0 Å². The SMILES string of the molecule is CN1CCC(Nc2nc(-c3ccncc3)cc3cnccc23)CC1. The van der Waals surface area contributed by atoms with Crippen molar-refractivity contribution in [3.8, 4) is 11.3 Å². The van der Waals surface area contributed by atoms with Crippen LogP contribution in [0.1, 0.15) is 12.8 Å². The third-order valence-corrected chi connectivity index (χ3v) is 4.67. The molecule has 1 fully saturated rings. The smallest absolute Gasteiger partial charge is 0.134 e. The van der Waals surface area contributed by atoms with Crippen molar-refractivity contribution in [1.82, 2.24) is 19.9 Å². The second-order valence-electron chi connectivity index (χ2n) is 6.41. The van der Waals surface area contributed by atoms with E-state index in [0.29, 0.717) is 6.04 Å². The van der Waals surface area contributed by atoms with Gasteiger partial charge in [0.15, 0.2) is 0 Å². The summed E-state index contributed by atoms with van der Waals surface area (Å²) in [6.45, 7) is 2.25. The van der Waals surface area contributed by atoms with Crippen molar-refractivity contribution < 1.29 is 0 Å². The lowest BCUT2D eigenvalue weighted by Gasteiger charge is -2.30. The summed E-state index contributed by atoms with van der Waals surface area (Å²) in [5, 5.41) is 5.91. The predicted octanol–water partition coefficient (Wildman–Crippen LogP) is 3.20. The summed E-state index contributed by atoms with van der Waals surface area (Å²) in [6, 6.07) is 8.58. The van der Waals surface area contributed by atoms with Crippen molar-refractivity contribution >= 4 is 16.6 Å². The number of hydrogen-bond donors (Lipinski definition) is 1. The van der Waals surface area contributed by atoms with Crippen LogP contribution in [0, 0.1) is 0 Å². The number of nitrogens with one attached hydrogen (secondary N) is 1. The Balaban J connectivity index is 1.72. The van der Waals surface area contributed by atoms with Gasteiger partial charge in [0.1, 0.15) is 5.82 Å². The number of pyridine rings is 3. The lowest BCUT2D eigenvalue weighted by molar-refractivity contribution is 0.264. The van der Waals surface area contributed by atoms with E-state index in [-0.39, 0.29) is 0 Å². The molecule has 0 aromatic carbocycles. The van der Waals surface area contributed by atoms with Gasteiger partial charge in [0.25, 0.3) is 0 Å². The first-order chi connectivity index (χ1) is 11.8. The van der Waals surface area contributed by atoms with Crippen molar-refractivity contribution in [1.29, 1.82) is 0 Å². The number of anilines is 1. The lowest BCUT2D eigenvalue weighted by Crippen LogP contribution is -2.36. The zero-order valence-electron chi connectivity index (χ0n) is 13.8. The molecule has 3 aromatic heterocycles. The van der Waals surface area contributed by atoms with Crippen LogP contribution in [0.2, 0.25) is 0 Å². The summed E-state index contributed by atoms with van der Waals surface area (Å²) >= 11 is 0. The van der Waals surface area contributed by atoms with Crippen LogP contribution in [0.4, 0.5) is 5.82 Å². The topological polar surface area (TPSA) is 53.9 Å². The van der Waals surface area contributed by atoms with E-state index in [0.717, 1.165) is 53.8 Å². The molecule has 1 aliphatic rings. The van der Waals surface area contributed by atoms with Crippen molar-refractivity contribution in [3.05, 3.63) is 49.1 Å². The van der Waals surface area contributed by atoms with Gasteiger partial charge in [0.05, 0.1) is 5.69 Å². The zero-order valence-corrected chi connectivity index (χ0v) is 13.8. The molecule has 0 unspecified atom stereocenters. The van der Waals surface area contributed by atoms with E-state index in [4.69, 9.17) is 4.98 Å². The number of aromatic nitrogens is 3. The number of likely N-dealkylation sites (tertiary alicyclic amines) is 1. The highest BCUT2D eigenvalue weighted by Gasteiger charge is 2.18. The van der Waals surface area contributed by atoms with Crippen molar-refractivity contribution in [2.24, 2.45) is 0 Å². The van der Waals surface area contributed by atoms with E-state index in [2.05, 4.69) is 33.3 Å². The Labute approximate surface area is 141 Å². The number of piperidine rings is 1. The van der Waals surface area contributed by atoms with Crippen molar-refractivity contribution in [2.75, 3.05) is 25.5 Å². The lowest BCUT2D eigenvalue weighted by atomic mass is 10.0. The van der Waals surface area contributed by atoms with E-state index >= 15 is 0 Å². The molecule has 1 saturated heterocycles. The third kappa shape index (κ3) is 3.08. The van der Waals surface area contributed by atoms with Crippen molar-refractivity contribution in [3.63, 3.8) is 0 Å². The predicted molar refractivity (Wildman–Crippen MR) is 96.9 cm³/mol. The monoisotopic (exact) mass is 319 g/mol. The van der Waals surface area contributed by atoms with Gasteiger partial charge >= 0.3 is 0 Å². The summed E-state index contributed by atoms with van der Waals surface area (Å²) in [5.41, 5.74) is 2.02. The van der Waals surface area contributed by atoms with Crippen molar-refractivity contribution in [2.45, 2.75) is 18.9 Å². The van der Waals surface area contributed by atoms with Crippen LogP contribution in [0.15, 0.2) is 49.1 Å². The van der Waals surface area contributed by atoms with Gasteiger partial charge < -0.3 is 10.2 Å². The third-order valence-electron chi connectivity index (χ3n) is 4.67. The van der Waals surface area contributed by atoms with Crippen LogP contribution in [0.3, 0.4) is 0 Å². The van der Waals surface area contributed by atoms with Gasteiger partial charge in [-0.3, -0.25) is 9.97 Å². The molecule has 122 valence electrons. The highest BCUT2D eigenvalue weighted by atomic mass is 15.1. The van der Waals surface area contributed by atoms with Crippen LogP contribution in [0.5, 0.6) is 0 Å². The van der Waals surface area contributed by atoms with Crippen LogP contribution in [-0.4, -0.2) is 46.0 Å². The Bertz CT molecular complexity index is 826. The quantitative estimate of drug-likeness (QED) is 0.803. The van der Waals surface area contributed by atoms with Gasteiger partial charge in [-0.1, -0.05) is 0 Å². The normalized spacial score (nSPS) is 16.4. The second kappa shape index (κ2) is 6.53. The Morgan fingerprint density at radius 2 is 1.79 bits per heavy atom. The minimum Gasteiger partial charge on any atom is -0.367 e. The Morgan fingerprint density at radius 3 is 2.58 bits per heavy atom. The average molecular weight is 319 g/mol. The van der Waals surface area contributed by atoms with Crippen LogP contribution in [-0.2, 0) is 0 Å². The van der Waals surface area contributed by atoms with Gasteiger partial charge in [-0.15, -0.1) is 0 Å². The summed E-state index contributed by atoms with van der Waals surface area (Å²) in [5.74, 6) is 0.955. The Hall–Kier alpha value is -2.53. The minimum atomic E-state index is 0.470. The van der Waals surface area contributed by atoms with E-state index in [1.807, 2.05) is 30.6 Å². The molecule has 0 saturated carbocycles. The molecule has 1 aliphatic heterocycles.